The van der Waals surface area contributed by atoms with Gasteiger partial charge < -0.3 is 14.6 Å². The van der Waals surface area contributed by atoms with Crippen molar-refractivity contribution in [3.8, 4) is 11.5 Å². The van der Waals surface area contributed by atoms with Gasteiger partial charge in [-0.3, -0.25) is 14.5 Å². The van der Waals surface area contributed by atoms with Gasteiger partial charge in [0.25, 0.3) is 11.7 Å². The summed E-state index contributed by atoms with van der Waals surface area (Å²) in [6.07, 6.45) is 0. The zero-order chi connectivity index (χ0) is 24.6. The summed E-state index contributed by atoms with van der Waals surface area (Å²) in [6, 6.07) is 15.9. The van der Waals surface area contributed by atoms with Gasteiger partial charge in [-0.05, 0) is 60.5 Å². The number of rotatable bonds is 5. The summed E-state index contributed by atoms with van der Waals surface area (Å²) in [7, 11) is 2.93. The van der Waals surface area contributed by atoms with Gasteiger partial charge >= 0.3 is 0 Å². The first-order valence-corrected chi connectivity index (χ1v) is 11.1. The maximum atomic E-state index is 13.3. The summed E-state index contributed by atoms with van der Waals surface area (Å²) >= 11 is 12.4. The largest absolute Gasteiger partial charge is 0.507 e. The quantitative estimate of drug-likeness (QED) is 0.268. The molecule has 1 atom stereocenters. The second kappa shape index (κ2) is 9.41. The van der Waals surface area contributed by atoms with Crippen molar-refractivity contribution in [3.63, 3.8) is 0 Å². The van der Waals surface area contributed by atoms with Crippen LogP contribution in [0.15, 0.2) is 66.2 Å². The van der Waals surface area contributed by atoms with Gasteiger partial charge in [0.15, 0.2) is 0 Å². The van der Waals surface area contributed by atoms with Crippen molar-refractivity contribution in [2.24, 2.45) is 0 Å². The number of carbonyl (C=O) groups is 2. The van der Waals surface area contributed by atoms with Crippen LogP contribution in [0.3, 0.4) is 0 Å². The molecule has 1 fully saturated rings. The first kappa shape index (κ1) is 23.7. The van der Waals surface area contributed by atoms with Crippen molar-refractivity contribution in [1.82, 2.24) is 0 Å². The molecule has 1 N–H and O–H groups in total. The SMILES string of the molecule is COc1ccc(OC)c(/C(O)=C2\C(=O)C(=O)N(c3cccc(C)c3)C2c2ccc(Cl)c(Cl)c2)c1. The van der Waals surface area contributed by atoms with E-state index in [1.165, 1.54) is 19.1 Å². The molecule has 6 nitrogen and oxygen atoms in total. The molecule has 8 heteroatoms. The van der Waals surface area contributed by atoms with Crippen LogP contribution >= 0.6 is 23.2 Å². The normalized spacial score (nSPS) is 17.2. The Kier molecular flexibility index (Phi) is 6.55. The Balaban J connectivity index is 2.01. The van der Waals surface area contributed by atoms with Gasteiger partial charge in [-0.1, -0.05) is 41.4 Å². The molecular formula is C26H21Cl2NO5. The number of aryl methyl sites for hydroxylation is 1. The fourth-order valence-corrected chi connectivity index (χ4v) is 4.33. The number of ketones is 1. The second-order valence-corrected chi connectivity index (χ2v) is 8.56. The first-order valence-electron chi connectivity index (χ1n) is 10.3. The molecular weight excluding hydrogens is 477 g/mol. The Labute approximate surface area is 206 Å². The topological polar surface area (TPSA) is 76.1 Å². The third-order valence-electron chi connectivity index (χ3n) is 5.65. The summed E-state index contributed by atoms with van der Waals surface area (Å²) < 4.78 is 10.7. The number of aliphatic hydroxyl groups is 1. The van der Waals surface area contributed by atoms with Crippen LogP contribution in [0.5, 0.6) is 11.5 Å². The summed E-state index contributed by atoms with van der Waals surface area (Å²) in [4.78, 5) is 28.0. The van der Waals surface area contributed by atoms with E-state index in [-0.39, 0.29) is 21.9 Å². The van der Waals surface area contributed by atoms with Crippen LogP contribution in [-0.2, 0) is 9.59 Å². The molecule has 0 aliphatic carbocycles. The molecule has 3 aromatic carbocycles. The van der Waals surface area contributed by atoms with Crippen LogP contribution in [0.25, 0.3) is 5.76 Å². The molecule has 0 radical (unpaired) electrons. The van der Waals surface area contributed by atoms with E-state index in [9.17, 15) is 14.7 Å². The molecule has 0 spiro atoms. The molecule has 1 aliphatic rings. The molecule has 174 valence electrons. The van der Waals surface area contributed by atoms with Crippen LogP contribution in [0.1, 0.15) is 22.7 Å². The van der Waals surface area contributed by atoms with Gasteiger partial charge in [0.05, 0.1) is 41.4 Å². The van der Waals surface area contributed by atoms with Gasteiger partial charge in [0.1, 0.15) is 17.3 Å². The van der Waals surface area contributed by atoms with Gasteiger partial charge in [-0.2, -0.15) is 0 Å². The lowest BCUT2D eigenvalue weighted by atomic mass is 9.94. The third-order valence-corrected chi connectivity index (χ3v) is 6.38. The molecule has 4 rings (SSSR count). The standard InChI is InChI=1S/C26H21Cl2NO5/c1-14-5-4-6-16(11-14)29-23(15-7-9-19(27)20(28)12-15)22(25(31)26(29)32)24(30)18-13-17(33-2)8-10-21(18)34-3/h4-13,23,30H,1-3H3/b24-22+. The monoisotopic (exact) mass is 497 g/mol. The lowest BCUT2D eigenvalue weighted by molar-refractivity contribution is -0.132. The van der Waals surface area contributed by atoms with E-state index in [1.807, 2.05) is 13.0 Å². The number of hydrogen-bond donors (Lipinski definition) is 1. The molecule has 1 saturated heterocycles. The van der Waals surface area contributed by atoms with E-state index in [2.05, 4.69) is 0 Å². The van der Waals surface area contributed by atoms with E-state index < -0.39 is 17.7 Å². The van der Waals surface area contributed by atoms with Gasteiger partial charge in [-0.25, -0.2) is 0 Å². The van der Waals surface area contributed by atoms with Crippen LogP contribution in [0.2, 0.25) is 10.0 Å². The molecule has 1 amide bonds. The Morgan fingerprint density at radius 1 is 0.941 bits per heavy atom. The average Bonchev–Trinajstić information content (AvgIpc) is 3.10. The number of aliphatic hydroxyl groups excluding tert-OH is 1. The van der Waals surface area contributed by atoms with Gasteiger partial charge in [0.2, 0.25) is 0 Å². The Morgan fingerprint density at radius 2 is 1.71 bits per heavy atom. The number of hydrogen-bond acceptors (Lipinski definition) is 5. The maximum absolute atomic E-state index is 13.3. The van der Waals surface area contributed by atoms with Crippen LogP contribution in [0, 0.1) is 6.92 Å². The van der Waals surface area contributed by atoms with Crippen molar-refractivity contribution in [3.05, 3.63) is 93.0 Å². The van der Waals surface area contributed by atoms with Crippen LogP contribution < -0.4 is 14.4 Å². The van der Waals surface area contributed by atoms with Crippen molar-refractivity contribution in [2.45, 2.75) is 13.0 Å². The summed E-state index contributed by atoms with van der Waals surface area (Å²) in [5.41, 5.74) is 2.04. The fraction of sp³-hybridized carbons (Fsp3) is 0.154. The highest BCUT2D eigenvalue weighted by molar-refractivity contribution is 6.52. The second-order valence-electron chi connectivity index (χ2n) is 7.75. The lowest BCUT2D eigenvalue weighted by Crippen LogP contribution is -2.29. The van der Waals surface area contributed by atoms with Crippen molar-refractivity contribution < 1.29 is 24.2 Å². The highest BCUT2D eigenvalue weighted by Crippen LogP contribution is 2.44. The number of ether oxygens (including phenoxy) is 2. The van der Waals surface area contributed by atoms with Crippen molar-refractivity contribution >= 4 is 46.3 Å². The summed E-state index contributed by atoms with van der Waals surface area (Å²) in [6.45, 7) is 1.88. The number of halogens is 2. The Bertz CT molecular complexity index is 1330. The number of anilines is 1. The predicted molar refractivity (Wildman–Crippen MR) is 132 cm³/mol. The smallest absolute Gasteiger partial charge is 0.300 e. The minimum absolute atomic E-state index is 0.101. The highest BCUT2D eigenvalue weighted by atomic mass is 35.5. The molecule has 0 aromatic heterocycles. The van der Waals surface area contributed by atoms with E-state index in [4.69, 9.17) is 32.7 Å². The first-order chi connectivity index (χ1) is 16.3. The lowest BCUT2D eigenvalue weighted by Gasteiger charge is -2.26. The van der Waals surface area contributed by atoms with Gasteiger partial charge in [-0.15, -0.1) is 0 Å². The number of nitrogens with zero attached hydrogens (tertiary/aromatic N) is 1. The van der Waals surface area contributed by atoms with Crippen LogP contribution in [-0.4, -0.2) is 31.0 Å². The molecule has 0 bridgehead atoms. The molecule has 3 aromatic rings. The minimum Gasteiger partial charge on any atom is -0.507 e. The minimum atomic E-state index is -0.951. The summed E-state index contributed by atoms with van der Waals surface area (Å²) in [5.74, 6) is -1.24. The number of benzene rings is 3. The number of amides is 1. The molecule has 34 heavy (non-hydrogen) atoms. The van der Waals surface area contributed by atoms with E-state index in [0.717, 1.165) is 5.56 Å². The Hall–Kier alpha value is -3.48. The molecule has 1 heterocycles. The number of Topliss-reactive ketones (excluding diaryl/α,β-unsaturated/α-hetero) is 1. The predicted octanol–water partition coefficient (Wildman–Crippen LogP) is 5.95. The molecule has 0 saturated carbocycles. The molecule has 1 unspecified atom stereocenters. The van der Waals surface area contributed by atoms with Crippen molar-refractivity contribution in [2.75, 3.05) is 19.1 Å². The zero-order valence-electron chi connectivity index (χ0n) is 18.6. The van der Waals surface area contributed by atoms with Crippen molar-refractivity contribution in [1.29, 1.82) is 0 Å². The van der Waals surface area contributed by atoms with Crippen LogP contribution in [0.4, 0.5) is 5.69 Å². The van der Waals surface area contributed by atoms with Gasteiger partial charge in [0, 0.05) is 5.69 Å². The summed E-state index contributed by atoms with van der Waals surface area (Å²) in [5, 5.41) is 12.0. The average molecular weight is 498 g/mol. The number of carbonyl (C=O) groups excluding carboxylic acids is 2. The highest BCUT2D eigenvalue weighted by Gasteiger charge is 2.47. The van der Waals surface area contributed by atoms with E-state index in [1.54, 1.807) is 54.6 Å². The fourth-order valence-electron chi connectivity index (χ4n) is 4.02. The van der Waals surface area contributed by atoms with E-state index in [0.29, 0.717) is 27.8 Å². The Morgan fingerprint density at radius 3 is 2.35 bits per heavy atom. The zero-order valence-corrected chi connectivity index (χ0v) is 20.1. The third kappa shape index (κ3) is 4.11. The maximum Gasteiger partial charge on any atom is 0.300 e. The number of methoxy groups -OCH3 is 2. The van der Waals surface area contributed by atoms with E-state index >= 15 is 0 Å². The molecule has 1 aliphatic heterocycles.